The Hall–Kier alpha value is -1.85. The maximum atomic E-state index is 11.9. The number of amides is 1. The van der Waals surface area contributed by atoms with Gasteiger partial charge in [0.25, 0.3) is 5.56 Å². The molecular formula is C15H25N3O3. The van der Waals surface area contributed by atoms with Crippen LogP contribution in [0.3, 0.4) is 0 Å². The van der Waals surface area contributed by atoms with Gasteiger partial charge in [0.2, 0.25) is 0 Å². The third kappa shape index (κ3) is 4.88. The lowest BCUT2D eigenvalue weighted by molar-refractivity contribution is 0.0486. The van der Waals surface area contributed by atoms with Crippen LogP contribution in [-0.2, 0) is 4.74 Å². The molecule has 1 unspecified atom stereocenters. The third-order valence-electron chi connectivity index (χ3n) is 3.05. The number of aromatic amines is 1. The van der Waals surface area contributed by atoms with Crippen molar-refractivity contribution in [3.63, 3.8) is 0 Å². The van der Waals surface area contributed by atoms with Gasteiger partial charge in [0, 0.05) is 11.3 Å². The van der Waals surface area contributed by atoms with Gasteiger partial charge in [-0.2, -0.15) is 0 Å². The number of carbonyl (C=O) groups is 1. The van der Waals surface area contributed by atoms with Crippen LogP contribution in [0.25, 0.3) is 0 Å². The van der Waals surface area contributed by atoms with Gasteiger partial charge in [-0.05, 0) is 40.5 Å². The minimum absolute atomic E-state index is 0.0581. The second kappa shape index (κ2) is 6.28. The van der Waals surface area contributed by atoms with Crippen molar-refractivity contribution >= 4 is 6.09 Å². The number of alkyl carbamates (subject to hydrolysis) is 1. The van der Waals surface area contributed by atoms with Gasteiger partial charge in [0.1, 0.15) is 11.4 Å². The number of nitrogens with one attached hydrogen (secondary N) is 2. The molecule has 118 valence electrons. The van der Waals surface area contributed by atoms with E-state index in [1.807, 2.05) is 13.8 Å². The van der Waals surface area contributed by atoms with Crippen molar-refractivity contribution in [2.75, 3.05) is 0 Å². The summed E-state index contributed by atoms with van der Waals surface area (Å²) in [6, 6.07) is -0.410. The van der Waals surface area contributed by atoms with E-state index in [0.717, 1.165) is 0 Å². The largest absolute Gasteiger partial charge is 0.444 e. The standard InChI is InChI=1S/C15H25N3O3/c1-8(2)11(17-14(20)21-15(5,6)7)12-16-10(4)9(3)13(19)18-12/h8,11H,1-7H3,(H,17,20)(H,16,18,19). The smallest absolute Gasteiger partial charge is 0.408 e. The summed E-state index contributed by atoms with van der Waals surface area (Å²) in [7, 11) is 0. The number of hydrogen-bond acceptors (Lipinski definition) is 4. The highest BCUT2D eigenvalue weighted by molar-refractivity contribution is 5.68. The minimum Gasteiger partial charge on any atom is -0.444 e. The lowest BCUT2D eigenvalue weighted by Crippen LogP contribution is -2.38. The first kappa shape index (κ1) is 17.2. The van der Waals surface area contributed by atoms with E-state index >= 15 is 0 Å². The summed E-state index contributed by atoms with van der Waals surface area (Å²) in [6.45, 7) is 12.8. The molecule has 6 nitrogen and oxygen atoms in total. The van der Waals surface area contributed by atoms with Crippen LogP contribution in [0.15, 0.2) is 4.79 Å². The van der Waals surface area contributed by atoms with E-state index in [1.165, 1.54) is 0 Å². The molecule has 1 aromatic heterocycles. The molecule has 0 saturated heterocycles. The average molecular weight is 295 g/mol. The molecule has 0 bridgehead atoms. The van der Waals surface area contributed by atoms with E-state index < -0.39 is 17.7 Å². The van der Waals surface area contributed by atoms with E-state index in [0.29, 0.717) is 17.1 Å². The molecule has 0 fully saturated rings. The van der Waals surface area contributed by atoms with Crippen molar-refractivity contribution in [3.05, 3.63) is 27.4 Å². The monoisotopic (exact) mass is 295 g/mol. The van der Waals surface area contributed by atoms with Crippen molar-refractivity contribution in [3.8, 4) is 0 Å². The van der Waals surface area contributed by atoms with E-state index in [-0.39, 0.29) is 11.5 Å². The Morgan fingerprint density at radius 2 is 1.86 bits per heavy atom. The molecule has 21 heavy (non-hydrogen) atoms. The lowest BCUT2D eigenvalue weighted by Gasteiger charge is -2.25. The van der Waals surface area contributed by atoms with E-state index in [2.05, 4.69) is 15.3 Å². The normalized spacial score (nSPS) is 13.1. The van der Waals surface area contributed by atoms with Crippen LogP contribution in [0.1, 0.15) is 57.7 Å². The number of aromatic nitrogens is 2. The molecule has 0 aliphatic carbocycles. The molecule has 6 heteroatoms. The molecular weight excluding hydrogens is 270 g/mol. The first-order valence-electron chi connectivity index (χ1n) is 7.08. The Bertz CT molecular complexity index is 571. The fraction of sp³-hybridized carbons (Fsp3) is 0.667. The average Bonchev–Trinajstić information content (AvgIpc) is 2.29. The first-order chi connectivity index (χ1) is 9.51. The Labute approximate surface area is 125 Å². The second-order valence-corrected chi connectivity index (χ2v) is 6.53. The number of H-pyrrole nitrogens is 1. The molecule has 1 aromatic rings. The predicted molar refractivity (Wildman–Crippen MR) is 81.3 cm³/mol. The first-order valence-corrected chi connectivity index (χ1v) is 7.08. The summed E-state index contributed by atoms with van der Waals surface area (Å²) in [5, 5.41) is 2.77. The van der Waals surface area contributed by atoms with Crippen molar-refractivity contribution in [1.29, 1.82) is 0 Å². The second-order valence-electron chi connectivity index (χ2n) is 6.53. The molecule has 0 aromatic carbocycles. The zero-order chi connectivity index (χ0) is 16.4. The zero-order valence-electron chi connectivity index (χ0n) is 13.8. The number of carbonyl (C=O) groups excluding carboxylic acids is 1. The van der Waals surface area contributed by atoms with E-state index in [1.54, 1.807) is 34.6 Å². The van der Waals surface area contributed by atoms with Gasteiger partial charge < -0.3 is 15.0 Å². The van der Waals surface area contributed by atoms with Gasteiger partial charge in [0.15, 0.2) is 0 Å². The van der Waals surface area contributed by atoms with Crippen LogP contribution in [0.2, 0.25) is 0 Å². The molecule has 0 saturated carbocycles. The fourth-order valence-electron chi connectivity index (χ4n) is 1.80. The Kier molecular flexibility index (Phi) is 5.15. The summed E-state index contributed by atoms with van der Waals surface area (Å²) < 4.78 is 5.25. The predicted octanol–water partition coefficient (Wildman–Crippen LogP) is 2.61. The van der Waals surface area contributed by atoms with Crippen LogP contribution in [0.4, 0.5) is 4.79 Å². The van der Waals surface area contributed by atoms with Gasteiger partial charge in [-0.3, -0.25) is 4.79 Å². The highest BCUT2D eigenvalue weighted by Crippen LogP contribution is 2.19. The molecule has 0 aliphatic heterocycles. The van der Waals surface area contributed by atoms with Gasteiger partial charge in [-0.15, -0.1) is 0 Å². The number of nitrogens with zero attached hydrogens (tertiary/aromatic N) is 1. The number of aryl methyl sites for hydroxylation is 1. The van der Waals surface area contributed by atoms with Crippen LogP contribution in [-0.4, -0.2) is 21.7 Å². The summed E-state index contributed by atoms with van der Waals surface area (Å²) in [4.78, 5) is 30.9. The van der Waals surface area contributed by atoms with Crippen LogP contribution >= 0.6 is 0 Å². The van der Waals surface area contributed by atoms with Crippen molar-refractivity contribution in [2.24, 2.45) is 5.92 Å². The van der Waals surface area contributed by atoms with Crippen molar-refractivity contribution < 1.29 is 9.53 Å². The number of ether oxygens (including phenoxy) is 1. The molecule has 1 atom stereocenters. The molecule has 0 aliphatic rings. The van der Waals surface area contributed by atoms with Crippen LogP contribution in [0, 0.1) is 19.8 Å². The molecule has 0 radical (unpaired) electrons. The molecule has 1 heterocycles. The Morgan fingerprint density at radius 1 is 1.29 bits per heavy atom. The summed E-state index contributed by atoms with van der Waals surface area (Å²) in [6.07, 6.45) is -0.526. The lowest BCUT2D eigenvalue weighted by atomic mass is 10.0. The highest BCUT2D eigenvalue weighted by Gasteiger charge is 2.24. The molecule has 1 rings (SSSR count). The van der Waals surface area contributed by atoms with Gasteiger partial charge in [-0.25, -0.2) is 9.78 Å². The van der Waals surface area contributed by atoms with Gasteiger partial charge >= 0.3 is 6.09 Å². The highest BCUT2D eigenvalue weighted by atomic mass is 16.6. The maximum absolute atomic E-state index is 11.9. The molecule has 2 N–H and O–H groups in total. The quantitative estimate of drug-likeness (QED) is 0.897. The van der Waals surface area contributed by atoms with Crippen molar-refractivity contribution in [1.82, 2.24) is 15.3 Å². The van der Waals surface area contributed by atoms with Gasteiger partial charge in [-0.1, -0.05) is 13.8 Å². The van der Waals surface area contributed by atoms with E-state index in [9.17, 15) is 9.59 Å². The summed E-state index contributed by atoms with van der Waals surface area (Å²) in [5.74, 6) is 0.506. The van der Waals surface area contributed by atoms with Gasteiger partial charge in [0.05, 0.1) is 6.04 Å². The zero-order valence-corrected chi connectivity index (χ0v) is 13.8. The maximum Gasteiger partial charge on any atom is 0.408 e. The molecule has 1 amide bonds. The SMILES string of the molecule is Cc1nc(C(NC(=O)OC(C)(C)C)C(C)C)[nH]c(=O)c1C. The van der Waals surface area contributed by atoms with Crippen LogP contribution < -0.4 is 10.9 Å². The van der Waals surface area contributed by atoms with E-state index in [4.69, 9.17) is 4.74 Å². The minimum atomic E-state index is -0.574. The fourth-order valence-corrected chi connectivity index (χ4v) is 1.80. The third-order valence-corrected chi connectivity index (χ3v) is 3.05. The Balaban J connectivity index is 3.03. The number of hydrogen-bond donors (Lipinski definition) is 2. The molecule has 0 spiro atoms. The summed E-state index contributed by atoms with van der Waals surface area (Å²) >= 11 is 0. The van der Waals surface area contributed by atoms with Crippen molar-refractivity contribution in [2.45, 2.75) is 60.1 Å². The summed E-state index contributed by atoms with van der Waals surface area (Å²) in [5.41, 5.74) is 0.480. The Morgan fingerprint density at radius 3 is 2.29 bits per heavy atom. The topological polar surface area (TPSA) is 84.1 Å². The van der Waals surface area contributed by atoms with Crippen LogP contribution in [0.5, 0.6) is 0 Å². The number of rotatable bonds is 3.